The van der Waals surface area contributed by atoms with Crippen LogP contribution in [0, 0.1) is 0 Å². The molecule has 0 aliphatic rings. The highest BCUT2D eigenvalue weighted by molar-refractivity contribution is 5.38. The highest BCUT2D eigenvalue weighted by Crippen LogP contribution is 2.30. The monoisotopic (exact) mass is 289 g/mol. The van der Waals surface area contributed by atoms with Crippen LogP contribution in [-0.4, -0.2) is 30.5 Å². The summed E-state index contributed by atoms with van der Waals surface area (Å²) in [5, 5.41) is 7.86. The van der Waals surface area contributed by atoms with Gasteiger partial charge in [0.2, 0.25) is 0 Å². The van der Waals surface area contributed by atoms with Gasteiger partial charge in [0.15, 0.2) is 5.75 Å². The molecule has 0 saturated heterocycles. The molecule has 1 unspecified atom stereocenters. The van der Waals surface area contributed by atoms with Crippen LogP contribution in [0.5, 0.6) is 11.5 Å². The van der Waals surface area contributed by atoms with Crippen molar-refractivity contribution in [1.82, 2.24) is 15.1 Å². The van der Waals surface area contributed by atoms with E-state index in [1.165, 1.54) is 0 Å². The normalized spacial score (nSPS) is 12.2. The van der Waals surface area contributed by atoms with E-state index in [4.69, 9.17) is 9.47 Å². The third kappa shape index (κ3) is 3.36. The smallest absolute Gasteiger partial charge is 0.161 e. The summed E-state index contributed by atoms with van der Waals surface area (Å²) in [6.07, 6.45) is 2.81. The lowest BCUT2D eigenvalue weighted by atomic mass is 10.0. The average Bonchev–Trinajstić information content (AvgIpc) is 2.89. The summed E-state index contributed by atoms with van der Waals surface area (Å²) >= 11 is 0. The standard InChI is InChI=1S/C16H23N3O2/c1-5-10-17-15(12-6-8-13(20-3)9-7-12)16-14(21-4)11-18-19(16)2/h6-9,11,15,17H,5,10H2,1-4H3. The molecule has 2 rings (SSSR count). The Labute approximate surface area is 125 Å². The fourth-order valence-electron chi connectivity index (χ4n) is 2.37. The molecule has 114 valence electrons. The largest absolute Gasteiger partial charge is 0.497 e. The molecule has 0 saturated carbocycles. The van der Waals surface area contributed by atoms with Crippen molar-refractivity contribution in [3.05, 3.63) is 41.7 Å². The van der Waals surface area contributed by atoms with Crippen molar-refractivity contribution < 1.29 is 9.47 Å². The van der Waals surface area contributed by atoms with Crippen LogP contribution in [0.3, 0.4) is 0 Å². The van der Waals surface area contributed by atoms with Gasteiger partial charge in [-0.2, -0.15) is 5.10 Å². The first kappa shape index (κ1) is 15.4. The zero-order chi connectivity index (χ0) is 15.2. The second-order valence-corrected chi connectivity index (χ2v) is 4.88. The Balaban J connectivity index is 2.39. The molecule has 0 radical (unpaired) electrons. The van der Waals surface area contributed by atoms with Gasteiger partial charge < -0.3 is 14.8 Å². The first-order chi connectivity index (χ1) is 10.2. The zero-order valence-electron chi connectivity index (χ0n) is 13.1. The van der Waals surface area contributed by atoms with Gasteiger partial charge >= 0.3 is 0 Å². The Morgan fingerprint density at radius 1 is 1.19 bits per heavy atom. The summed E-state index contributed by atoms with van der Waals surface area (Å²) in [5.74, 6) is 1.65. The minimum Gasteiger partial charge on any atom is -0.497 e. The van der Waals surface area contributed by atoms with E-state index < -0.39 is 0 Å². The molecule has 1 aromatic carbocycles. The number of hydrogen-bond donors (Lipinski definition) is 1. The molecule has 0 aliphatic heterocycles. The molecule has 5 nitrogen and oxygen atoms in total. The molecule has 2 aromatic rings. The maximum absolute atomic E-state index is 5.45. The third-order valence-electron chi connectivity index (χ3n) is 3.49. The van der Waals surface area contributed by atoms with E-state index >= 15 is 0 Å². The number of benzene rings is 1. The molecule has 0 amide bonds. The molecule has 0 aliphatic carbocycles. The van der Waals surface area contributed by atoms with Crippen LogP contribution in [0.4, 0.5) is 0 Å². The molecule has 5 heteroatoms. The second-order valence-electron chi connectivity index (χ2n) is 4.88. The maximum atomic E-state index is 5.45. The molecular weight excluding hydrogens is 266 g/mol. The minimum atomic E-state index is 0.0401. The molecule has 21 heavy (non-hydrogen) atoms. The number of rotatable bonds is 7. The van der Waals surface area contributed by atoms with E-state index in [0.717, 1.165) is 35.7 Å². The number of aryl methyl sites for hydroxylation is 1. The van der Waals surface area contributed by atoms with Crippen molar-refractivity contribution in [3.8, 4) is 11.5 Å². The fraction of sp³-hybridized carbons (Fsp3) is 0.438. The molecule has 0 spiro atoms. The Morgan fingerprint density at radius 2 is 1.90 bits per heavy atom. The number of ether oxygens (including phenoxy) is 2. The molecule has 0 bridgehead atoms. The van der Waals surface area contributed by atoms with Crippen molar-refractivity contribution in [2.45, 2.75) is 19.4 Å². The van der Waals surface area contributed by atoms with Crippen LogP contribution in [0.1, 0.15) is 30.6 Å². The highest BCUT2D eigenvalue weighted by atomic mass is 16.5. The number of aromatic nitrogens is 2. The maximum Gasteiger partial charge on any atom is 0.161 e. The van der Waals surface area contributed by atoms with Gasteiger partial charge in [-0.1, -0.05) is 19.1 Å². The van der Waals surface area contributed by atoms with E-state index in [2.05, 4.69) is 29.5 Å². The molecule has 1 N–H and O–H groups in total. The fourth-order valence-corrected chi connectivity index (χ4v) is 2.37. The quantitative estimate of drug-likeness (QED) is 0.851. The predicted octanol–water partition coefficient (Wildman–Crippen LogP) is 2.53. The van der Waals surface area contributed by atoms with Crippen LogP contribution in [0.2, 0.25) is 0 Å². The summed E-state index contributed by atoms with van der Waals surface area (Å²) in [4.78, 5) is 0. The van der Waals surface area contributed by atoms with Gasteiger partial charge in [0.05, 0.1) is 26.5 Å². The van der Waals surface area contributed by atoms with E-state index in [0.29, 0.717) is 0 Å². The van der Waals surface area contributed by atoms with Gasteiger partial charge in [0, 0.05) is 7.05 Å². The molecule has 1 heterocycles. The van der Waals surface area contributed by atoms with Gasteiger partial charge in [-0.3, -0.25) is 4.68 Å². The van der Waals surface area contributed by atoms with Crippen molar-refractivity contribution in [2.24, 2.45) is 7.05 Å². The van der Waals surface area contributed by atoms with Gasteiger partial charge in [-0.25, -0.2) is 0 Å². The first-order valence-electron chi connectivity index (χ1n) is 7.14. The van der Waals surface area contributed by atoms with Crippen LogP contribution in [-0.2, 0) is 7.05 Å². The molecule has 1 aromatic heterocycles. The van der Waals surface area contributed by atoms with E-state index in [-0.39, 0.29) is 6.04 Å². The Hall–Kier alpha value is -2.01. The summed E-state index contributed by atoms with van der Waals surface area (Å²) < 4.78 is 12.5. The summed E-state index contributed by atoms with van der Waals surface area (Å²) in [7, 11) is 5.28. The van der Waals surface area contributed by atoms with Crippen LogP contribution < -0.4 is 14.8 Å². The van der Waals surface area contributed by atoms with Crippen molar-refractivity contribution in [3.63, 3.8) is 0 Å². The summed E-state index contributed by atoms with van der Waals surface area (Å²) in [6.45, 7) is 3.07. The van der Waals surface area contributed by atoms with E-state index in [1.807, 2.05) is 23.9 Å². The molecule has 1 atom stereocenters. The van der Waals surface area contributed by atoms with Crippen LogP contribution >= 0.6 is 0 Å². The lowest BCUT2D eigenvalue weighted by molar-refractivity contribution is 0.400. The number of methoxy groups -OCH3 is 2. The highest BCUT2D eigenvalue weighted by Gasteiger charge is 2.21. The number of nitrogens with zero attached hydrogens (tertiary/aromatic N) is 2. The number of nitrogens with one attached hydrogen (secondary N) is 1. The molecule has 0 fully saturated rings. The number of hydrogen-bond acceptors (Lipinski definition) is 4. The first-order valence-corrected chi connectivity index (χ1v) is 7.14. The van der Waals surface area contributed by atoms with Crippen molar-refractivity contribution in [2.75, 3.05) is 20.8 Å². The Kier molecular flexibility index (Phi) is 5.22. The second kappa shape index (κ2) is 7.13. The lowest BCUT2D eigenvalue weighted by Gasteiger charge is -2.20. The lowest BCUT2D eigenvalue weighted by Crippen LogP contribution is -2.25. The third-order valence-corrected chi connectivity index (χ3v) is 3.49. The molecular formula is C16H23N3O2. The van der Waals surface area contributed by atoms with Gasteiger partial charge in [0.25, 0.3) is 0 Å². The minimum absolute atomic E-state index is 0.0401. The summed E-state index contributed by atoms with van der Waals surface area (Å²) in [5.41, 5.74) is 2.18. The van der Waals surface area contributed by atoms with Crippen molar-refractivity contribution >= 4 is 0 Å². The average molecular weight is 289 g/mol. The SMILES string of the molecule is CCCNC(c1ccc(OC)cc1)c1c(OC)cnn1C. The Bertz CT molecular complexity index is 563. The van der Waals surface area contributed by atoms with Crippen LogP contribution in [0.15, 0.2) is 30.5 Å². The Morgan fingerprint density at radius 3 is 2.48 bits per heavy atom. The van der Waals surface area contributed by atoms with Crippen LogP contribution in [0.25, 0.3) is 0 Å². The topological polar surface area (TPSA) is 48.3 Å². The van der Waals surface area contributed by atoms with Crippen molar-refractivity contribution in [1.29, 1.82) is 0 Å². The summed E-state index contributed by atoms with van der Waals surface area (Å²) in [6, 6.07) is 8.12. The zero-order valence-corrected chi connectivity index (χ0v) is 13.1. The van der Waals surface area contributed by atoms with E-state index in [1.54, 1.807) is 20.4 Å². The van der Waals surface area contributed by atoms with Gasteiger partial charge in [-0.15, -0.1) is 0 Å². The van der Waals surface area contributed by atoms with Gasteiger partial charge in [-0.05, 0) is 30.7 Å². The predicted molar refractivity (Wildman–Crippen MR) is 82.9 cm³/mol. The van der Waals surface area contributed by atoms with E-state index in [9.17, 15) is 0 Å². The van der Waals surface area contributed by atoms with Gasteiger partial charge in [0.1, 0.15) is 11.4 Å².